The van der Waals surface area contributed by atoms with Crippen LogP contribution in [0.25, 0.3) is 0 Å². The highest BCUT2D eigenvalue weighted by molar-refractivity contribution is 6.09. The molecule has 3 rings (SSSR count). The quantitative estimate of drug-likeness (QED) is 0.580. The maximum atomic E-state index is 12.7. The molecule has 0 spiro atoms. The molecule has 0 radical (unpaired) electrons. The van der Waals surface area contributed by atoms with Gasteiger partial charge in [0.1, 0.15) is 11.2 Å². The van der Waals surface area contributed by atoms with Crippen molar-refractivity contribution >= 4 is 17.5 Å². The maximum Gasteiger partial charge on any atom is 0.324 e. The van der Waals surface area contributed by atoms with Crippen molar-refractivity contribution in [3.8, 4) is 0 Å². The first-order chi connectivity index (χ1) is 10.1. The minimum atomic E-state index is -0.973. The molecule has 2 atom stereocenters. The predicted molar refractivity (Wildman–Crippen MR) is 80.8 cm³/mol. The number of hydrogen-bond donors (Lipinski definition) is 0. The summed E-state index contributed by atoms with van der Waals surface area (Å²) < 4.78 is 5.55. The van der Waals surface area contributed by atoms with Gasteiger partial charge in [0.25, 0.3) is 0 Å². The Balaban J connectivity index is 1.81. The van der Waals surface area contributed by atoms with E-state index in [4.69, 9.17) is 4.74 Å². The number of ether oxygens (including phenoxy) is 1. The summed E-state index contributed by atoms with van der Waals surface area (Å²) in [6, 6.07) is 0. The summed E-state index contributed by atoms with van der Waals surface area (Å²) in [5.74, 6) is 0.247. The minimum absolute atomic E-state index is 0.0149. The summed E-state index contributed by atoms with van der Waals surface area (Å²) in [6.45, 7) is 7.83. The second-order valence-corrected chi connectivity index (χ2v) is 8.56. The van der Waals surface area contributed by atoms with Gasteiger partial charge in [-0.2, -0.15) is 0 Å². The van der Waals surface area contributed by atoms with Crippen LogP contribution in [0.2, 0.25) is 0 Å². The SMILES string of the molecule is CC1(C)CC(=O)C=C(OC(=O)C23CCC(C2)C(C)(C)C3=O)C1. The van der Waals surface area contributed by atoms with Crippen molar-refractivity contribution in [3.05, 3.63) is 11.8 Å². The number of fused-ring (bicyclic) bond motifs is 2. The van der Waals surface area contributed by atoms with E-state index in [1.807, 2.05) is 27.7 Å². The van der Waals surface area contributed by atoms with E-state index in [2.05, 4.69) is 0 Å². The average molecular weight is 304 g/mol. The van der Waals surface area contributed by atoms with E-state index in [1.54, 1.807) is 0 Å². The number of rotatable bonds is 2. The van der Waals surface area contributed by atoms with E-state index >= 15 is 0 Å². The Bertz CT molecular complexity index is 596. The van der Waals surface area contributed by atoms with Crippen LogP contribution in [0.3, 0.4) is 0 Å². The van der Waals surface area contributed by atoms with Crippen LogP contribution >= 0.6 is 0 Å². The molecule has 2 unspecified atom stereocenters. The van der Waals surface area contributed by atoms with Crippen LogP contribution in [0.1, 0.15) is 59.8 Å². The third-order valence-electron chi connectivity index (χ3n) is 5.80. The zero-order chi connectivity index (χ0) is 16.3. The molecule has 2 fully saturated rings. The molecule has 2 bridgehead atoms. The fourth-order valence-electron chi connectivity index (χ4n) is 4.52. The lowest BCUT2D eigenvalue weighted by Gasteiger charge is -2.33. The van der Waals surface area contributed by atoms with Gasteiger partial charge in [-0.15, -0.1) is 0 Å². The Morgan fingerprint density at radius 3 is 2.41 bits per heavy atom. The molecule has 0 amide bonds. The predicted octanol–water partition coefficient (Wildman–Crippen LogP) is 3.20. The van der Waals surface area contributed by atoms with E-state index in [1.165, 1.54) is 6.08 Å². The van der Waals surface area contributed by atoms with Crippen LogP contribution < -0.4 is 0 Å². The molecule has 4 heteroatoms. The average Bonchev–Trinajstić information content (AvgIpc) is 2.87. The second-order valence-electron chi connectivity index (χ2n) is 8.56. The largest absolute Gasteiger partial charge is 0.430 e. The first kappa shape index (κ1) is 15.4. The molecular weight excluding hydrogens is 280 g/mol. The highest BCUT2D eigenvalue weighted by atomic mass is 16.5. The lowest BCUT2D eigenvalue weighted by atomic mass is 9.71. The first-order valence-corrected chi connectivity index (χ1v) is 8.07. The van der Waals surface area contributed by atoms with Crippen LogP contribution in [0.15, 0.2) is 11.8 Å². The summed E-state index contributed by atoms with van der Waals surface area (Å²) >= 11 is 0. The molecule has 0 heterocycles. The van der Waals surface area contributed by atoms with Gasteiger partial charge in [0.2, 0.25) is 0 Å². The smallest absolute Gasteiger partial charge is 0.324 e. The number of carbonyl (C=O) groups is 3. The number of carbonyl (C=O) groups excluding carboxylic acids is 3. The fourth-order valence-corrected chi connectivity index (χ4v) is 4.52. The van der Waals surface area contributed by atoms with E-state index in [-0.39, 0.29) is 22.9 Å². The molecule has 22 heavy (non-hydrogen) atoms. The van der Waals surface area contributed by atoms with E-state index in [9.17, 15) is 14.4 Å². The van der Waals surface area contributed by atoms with Crippen molar-refractivity contribution < 1.29 is 19.1 Å². The number of ketones is 2. The zero-order valence-electron chi connectivity index (χ0n) is 13.8. The number of allylic oxidation sites excluding steroid dienone is 2. The Morgan fingerprint density at radius 2 is 1.86 bits per heavy atom. The minimum Gasteiger partial charge on any atom is -0.430 e. The van der Waals surface area contributed by atoms with Crippen LogP contribution in [-0.2, 0) is 19.1 Å². The molecule has 0 N–H and O–H groups in total. The Hall–Kier alpha value is -1.45. The Morgan fingerprint density at radius 1 is 1.18 bits per heavy atom. The van der Waals surface area contributed by atoms with E-state index < -0.39 is 16.8 Å². The number of hydrogen-bond acceptors (Lipinski definition) is 4. The van der Waals surface area contributed by atoms with Gasteiger partial charge in [-0.3, -0.25) is 14.4 Å². The molecule has 0 aromatic carbocycles. The summed E-state index contributed by atoms with van der Waals surface area (Å²) in [5, 5.41) is 0. The normalized spacial score (nSPS) is 35.5. The highest BCUT2D eigenvalue weighted by Crippen LogP contribution is 2.60. The summed E-state index contributed by atoms with van der Waals surface area (Å²) in [5.41, 5.74) is -1.61. The van der Waals surface area contributed by atoms with Crippen LogP contribution in [0.4, 0.5) is 0 Å². The van der Waals surface area contributed by atoms with Crippen molar-refractivity contribution in [2.24, 2.45) is 22.2 Å². The zero-order valence-corrected chi connectivity index (χ0v) is 13.8. The topological polar surface area (TPSA) is 60.4 Å². The van der Waals surface area contributed by atoms with Gasteiger partial charge >= 0.3 is 5.97 Å². The highest BCUT2D eigenvalue weighted by Gasteiger charge is 2.66. The van der Waals surface area contributed by atoms with Gasteiger partial charge in [0.05, 0.1) is 0 Å². The number of esters is 1. The molecule has 0 aliphatic heterocycles. The third kappa shape index (κ3) is 2.15. The fraction of sp³-hybridized carbons (Fsp3) is 0.722. The van der Waals surface area contributed by atoms with Gasteiger partial charge in [-0.05, 0) is 30.6 Å². The molecule has 2 saturated carbocycles. The molecule has 0 saturated heterocycles. The van der Waals surface area contributed by atoms with Crippen LogP contribution in [0.5, 0.6) is 0 Å². The lowest BCUT2D eigenvalue weighted by molar-refractivity contribution is -0.158. The van der Waals surface area contributed by atoms with Crippen molar-refractivity contribution in [2.45, 2.75) is 59.8 Å². The molecule has 0 aromatic heterocycles. The third-order valence-corrected chi connectivity index (χ3v) is 5.80. The molecule has 3 aliphatic rings. The van der Waals surface area contributed by atoms with Gasteiger partial charge in [-0.1, -0.05) is 27.7 Å². The summed E-state index contributed by atoms with van der Waals surface area (Å²) in [6.07, 6.45) is 4.54. The van der Waals surface area contributed by atoms with E-state index in [0.717, 1.165) is 6.42 Å². The van der Waals surface area contributed by atoms with Gasteiger partial charge in [0.15, 0.2) is 11.6 Å². The van der Waals surface area contributed by atoms with Crippen LogP contribution in [-0.4, -0.2) is 17.5 Å². The van der Waals surface area contributed by atoms with Gasteiger partial charge in [-0.25, -0.2) is 0 Å². The van der Waals surface area contributed by atoms with E-state index in [0.29, 0.717) is 31.4 Å². The standard InChI is InChI=1S/C18H24O4/c1-16(2)9-12(19)7-13(10-16)22-15(21)18-6-5-11(8-18)17(3,4)14(18)20/h7,11H,5-6,8-10H2,1-4H3. The van der Waals surface area contributed by atoms with Crippen molar-refractivity contribution in [1.29, 1.82) is 0 Å². The molecule has 0 aromatic rings. The van der Waals surface area contributed by atoms with Crippen molar-refractivity contribution in [1.82, 2.24) is 0 Å². The Labute approximate surface area is 131 Å². The molecule has 3 aliphatic carbocycles. The number of Topliss-reactive ketones (excluding diaryl/α,β-unsaturated/α-hetero) is 1. The summed E-state index contributed by atoms with van der Waals surface area (Å²) in [4.78, 5) is 37.2. The molecular formula is C18H24O4. The monoisotopic (exact) mass is 304 g/mol. The van der Waals surface area contributed by atoms with Gasteiger partial charge < -0.3 is 4.74 Å². The van der Waals surface area contributed by atoms with Gasteiger partial charge in [0, 0.05) is 24.3 Å². The second kappa shape index (κ2) is 4.53. The van der Waals surface area contributed by atoms with Crippen molar-refractivity contribution in [2.75, 3.05) is 0 Å². The maximum absolute atomic E-state index is 12.7. The summed E-state index contributed by atoms with van der Waals surface area (Å²) in [7, 11) is 0. The Kier molecular flexibility index (Phi) is 3.18. The van der Waals surface area contributed by atoms with Crippen molar-refractivity contribution in [3.63, 3.8) is 0 Å². The molecule has 120 valence electrons. The van der Waals surface area contributed by atoms with Crippen LogP contribution in [0, 0.1) is 22.2 Å². The molecule has 4 nitrogen and oxygen atoms in total. The lowest BCUT2D eigenvalue weighted by Crippen LogP contribution is -2.43. The first-order valence-electron chi connectivity index (χ1n) is 8.07.